The molecular weight excluding hydrogens is 521 g/mol. The lowest BCUT2D eigenvalue weighted by molar-refractivity contribution is 0.0895. The first-order chi connectivity index (χ1) is 18.0. The number of hydrogen-bond acceptors (Lipinski definition) is 7. The summed E-state index contributed by atoms with van der Waals surface area (Å²) in [7, 11) is -3.30. The minimum Gasteiger partial charge on any atom is -0.353 e. The molecule has 5 rings (SSSR count). The van der Waals surface area contributed by atoms with Gasteiger partial charge in [-0.1, -0.05) is 0 Å². The van der Waals surface area contributed by atoms with Crippen molar-refractivity contribution in [3.63, 3.8) is 0 Å². The van der Waals surface area contributed by atoms with Crippen molar-refractivity contribution in [1.29, 1.82) is 0 Å². The van der Waals surface area contributed by atoms with Crippen LogP contribution in [0.2, 0.25) is 0 Å². The van der Waals surface area contributed by atoms with E-state index >= 15 is 0 Å². The highest BCUT2D eigenvalue weighted by Crippen LogP contribution is 2.45. The molecule has 2 fully saturated rings. The molecule has 2 N–H and O–H groups in total. The fourth-order valence-corrected chi connectivity index (χ4v) is 5.65. The molecule has 3 aromatic rings. The topological polar surface area (TPSA) is 117 Å². The number of hydrogen-bond donors (Lipinski definition) is 2. The van der Waals surface area contributed by atoms with Crippen LogP contribution in [0.3, 0.4) is 0 Å². The summed E-state index contributed by atoms with van der Waals surface area (Å²) in [5.41, 5.74) is 0.0151. The molecule has 1 aliphatic carbocycles. The Morgan fingerprint density at radius 3 is 2.45 bits per heavy atom. The number of carbonyl (C=O) groups excluding carboxylic acids is 1. The Morgan fingerprint density at radius 1 is 1.11 bits per heavy atom. The smallest absolute Gasteiger partial charge is 0.251 e. The largest absolute Gasteiger partial charge is 0.353 e. The van der Waals surface area contributed by atoms with Crippen LogP contribution in [0.4, 0.5) is 19.1 Å². The number of pyridine rings is 1. The third-order valence-electron chi connectivity index (χ3n) is 6.91. The highest BCUT2D eigenvalue weighted by Gasteiger charge is 2.48. The van der Waals surface area contributed by atoms with E-state index in [0.29, 0.717) is 5.56 Å². The number of amides is 1. The van der Waals surface area contributed by atoms with E-state index in [9.17, 15) is 26.4 Å². The molecule has 1 amide bonds. The first-order valence-corrected chi connectivity index (χ1v) is 13.8. The van der Waals surface area contributed by atoms with Crippen molar-refractivity contribution in [3.8, 4) is 11.1 Å². The van der Waals surface area contributed by atoms with Gasteiger partial charge in [-0.2, -0.15) is 4.31 Å². The number of halogens is 3. The number of aromatic nitrogens is 3. The lowest BCUT2D eigenvalue weighted by atomic mass is 9.65. The van der Waals surface area contributed by atoms with Crippen LogP contribution in [0.1, 0.15) is 28.9 Å². The second kappa shape index (κ2) is 9.95. The van der Waals surface area contributed by atoms with E-state index in [4.69, 9.17) is 0 Å². The van der Waals surface area contributed by atoms with E-state index < -0.39 is 39.2 Å². The molecule has 2 aliphatic rings. The maximum atomic E-state index is 14.6. The lowest BCUT2D eigenvalue weighted by Gasteiger charge is -2.43. The Labute approximate surface area is 217 Å². The molecule has 0 bridgehead atoms. The van der Waals surface area contributed by atoms with E-state index in [1.165, 1.54) is 47.2 Å². The average molecular weight is 547 g/mol. The average Bonchev–Trinajstić information content (AvgIpc) is 2.83. The molecule has 3 heterocycles. The van der Waals surface area contributed by atoms with Gasteiger partial charge in [0.15, 0.2) is 0 Å². The molecule has 13 heteroatoms. The number of benzene rings is 1. The van der Waals surface area contributed by atoms with E-state index in [1.54, 1.807) is 0 Å². The summed E-state index contributed by atoms with van der Waals surface area (Å²) in [6, 6.07) is 6.31. The summed E-state index contributed by atoms with van der Waals surface area (Å²) >= 11 is 0. The summed E-state index contributed by atoms with van der Waals surface area (Å²) in [5.74, 6) is -1.34. The van der Waals surface area contributed by atoms with Crippen LogP contribution in [0, 0.1) is 11.6 Å². The third-order valence-corrected chi connectivity index (χ3v) is 8.15. The molecular formula is C25H25F3N6O3S. The molecule has 38 heavy (non-hydrogen) atoms. The predicted octanol–water partition coefficient (Wildman–Crippen LogP) is 2.67. The van der Waals surface area contributed by atoms with Crippen LogP contribution < -0.4 is 10.6 Å². The zero-order chi connectivity index (χ0) is 27.1. The second-order valence-corrected chi connectivity index (χ2v) is 11.7. The molecule has 200 valence electrons. The summed E-state index contributed by atoms with van der Waals surface area (Å²) in [6.45, 7) is 0.533. The van der Waals surface area contributed by atoms with Crippen LogP contribution in [-0.2, 0) is 15.4 Å². The van der Waals surface area contributed by atoms with Gasteiger partial charge in [0.1, 0.15) is 17.8 Å². The van der Waals surface area contributed by atoms with Crippen LogP contribution in [0.25, 0.3) is 11.1 Å². The molecule has 0 radical (unpaired) electrons. The molecule has 0 spiro atoms. The number of nitrogens with one attached hydrogen (secondary N) is 2. The fourth-order valence-electron chi connectivity index (χ4n) is 4.75. The van der Waals surface area contributed by atoms with E-state index in [-0.39, 0.29) is 61.3 Å². The van der Waals surface area contributed by atoms with Gasteiger partial charge in [0.25, 0.3) is 5.91 Å². The first-order valence-electron chi connectivity index (χ1n) is 11.9. The Kier molecular flexibility index (Phi) is 6.82. The number of carbonyl (C=O) groups is 1. The summed E-state index contributed by atoms with van der Waals surface area (Å²) in [4.78, 5) is 25.2. The number of rotatable bonds is 8. The minimum absolute atomic E-state index is 0.113. The van der Waals surface area contributed by atoms with Gasteiger partial charge >= 0.3 is 0 Å². The molecule has 0 unspecified atom stereocenters. The molecule has 1 aromatic carbocycles. The van der Waals surface area contributed by atoms with Crippen molar-refractivity contribution in [3.05, 3.63) is 71.8 Å². The number of anilines is 1. The van der Waals surface area contributed by atoms with Crippen molar-refractivity contribution < 1.29 is 26.4 Å². The molecule has 1 saturated heterocycles. The standard InChI is InChI=1S/C25H25F3N6O3S/c1-38(36,37)34-12-18(13-34)33-23(35)15-4-5-20(27)19(7-15)16-10-30-24(31-11-16)32-14-25(8-17(26)9-25)22-21(28)3-2-6-29-22/h2-7,10-11,17-18H,8-9,12-14H2,1H3,(H,33,35)(H,30,31,32)/t17-,25-. The van der Waals surface area contributed by atoms with Gasteiger partial charge in [-0.15, -0.1) is 0 Å². The minimum atomic E-state index is -3.30. The summed E-state index contributed by atoms with van der Waals surface area (Å²) < 4.78 is 67.0. The highest BCUT2D eigenvalue weighted by atomic mass is 32.2. The molecule has 1 saturated carbocycles. The number of alkyl halides is 1. The van der Waals surface area contributed by atoms with Gasteiger partial charge in [0.05, 0.1) is 18.0 Å². The maximum Gasteiger partial charge on any atom is 0.251 e. The van der Waals surface area contributed by atoms with Crippen LogP contribution in [0.5, 0.6) is 0 Å². The van der Waals surface area contributed by atoms with Crippen LogP contribution >= 0.6 is 0 Å². The third kappa shape index (κ3) is 5.20. The second-order valence-electron chi connectivity index (χ2n) is 9.71. The molecule has 9 nitrogen and oxygen atoms in total. The Bertz CT molecular complexity index is 1460. The molecule has 0 atom stereocenters. The van der Waals surface area contributed by atoms with Crippen molar-refractivity contribution in [1.82, 2.24) is 24.6 Å². The first kappa shape index (κ1) is 26.0. The van der Waals surface area contributed by atoms with Gasteiger partial charge in [-0.25, -0.2) is 31.6 Å². The van der Waals surface area contributed by atoms with Crippen molar-refractivity contribution in [2.45, 2.75) is 30.5 Å². The monoisotopic (exact) mass is 546 g/mol. The Balaban J connectivity index is 1.25. The van der Waals surface area contributed by atoms with Crippen molar-refractivity contribution in [2.75, 3.05) is 31.2 Å². The van der Waals surface area contributed by atoms with Crippen LogP contribution in [0.15, 0.2) is 48.9 Å². The van der Waals surface area contributed by atoms with E-state index in [1.807, 2.05) is 0 Å². The Morgan fingerprint density at radius 2 is 1.82 bits per heavy atom. The fraction of sp³-hybridized carbons (Fsp3) is 0.360. The summed E-state index contributed by atoms with van der Waals surface area (Å²) in [6.07, 6.45) is 4.55. The molecule has 2 aromatic heterocycles. The van der Waals surface area contributed by atoms with Crippen molar-refractivity contribution in [2.24, 2.45) is 0 Å². The van der Waals surface area contributed by atoms with Gasteiger partial charge in [0.2, 0.25) is 16.0 Å². The Hall–Kier alpha value is -3.58. The zero-order valence-corrected chi connectivity index (χ0v) is 21.2. The van der Waals surface area contributed by atoms with Gasteiger partial charge in [-0.05, 0) is 43.2 Å². The maximum absolute atomic E-state index is 14.6. The molecule has 1 aliphatic heterocycles. The number of nitrogens with zero attached hydrogens (tertiary/aromatic N) is 4. The van der Waals surface area contributed by atoms with Gasteiger partial charge < -0.3 is 10.6 Å². The quantitative estimate of drug-likeness (QED) is 0.446. The zero-order valence-electron chi connectivity index (χ0n) is 20.4. The van der Waals surface area contributed by atoms with Gasteiger partial charge in [0, 0.05) is 60.3 Å². The van der Waals surface area contributed by atoms with E-state index in [0.717, 1.165) is 12.3 Å². The highest BCUT2D eigenvalue weighted by molar-refractivity contribution is 7.88. The SMILES string of the molecule is CS(=O)(=O)N1CC(NC(=O)c2ccc(F)c(-c3cnc(NC[C@]4(c5ncccc5F)C[C@H](F)C4)nc3)c2)C1. The van der Waals surface area contributed by atoms with Crippen LogP contribution in [-0.4, -0.2) is 71.7 Å². The van der Waals surface area contributed by atoms with Crippen molar-refractivity contribution >= 4 is 21.9 Å². The van der Waals surface area contributed by atoms with Gasteiger partial charge in [-0.3, -0.25) is 9.78 Å². The normalized spacial score (nSPS) is 21.8. The number of sulfonamides is 1. The van der Waals surface area contributed by atoms with E-state index in [2.05, 4.69) is 25.6 Å². The summed E-state index contributed by atoms with van der Waals surface area (Å²) in [5, 5.41) is 5.74. The predicted molar refractivity (Wildman–Crippen MR) is 134 cm³/mol. The lowest BCUT2D eigenvalue weighted by Crippen LogP contribution is -2.60.